The molecule has 10 heteroatoms. The van der Waals surface area contributed by atoms with Gasteiger partial charge in [-0.2, -0.15) is 0 Å². The van der Waals surface area contributed by atoms with Gasteiger partial charge in [-0.1, -0.05) is 0 Å². The van der Waals surface area contributed by atoms with Gasteiger partial charge in [-0.15, -0.1) is 13.2 Å². The molecule has 0 unspecified atom stereocenters. The van der Waals surface area contributed by atoms with Crippen molar-refractivity contribution in [1.29, 1.82) is 0 Å². The molecule has 2 rings (SSSR count). The second-order valence-corrected chi connectivity index (χ2v) is 5.26. The van der Waals surface area contributed by atoms with E-state index in [0.29, 0.717) is 17.6 Å². The monoisotopic (exact) mass is 397 g/mol. The third-order valence-electron chi connectivity index (χ3n) is 3.11. The second-order valence-electron chi connectivity index (χ2n) is 5.26. The number of aldehydes is 1. The van der Waals surface area contributed by atoms with Crippen LogP contribution in [0.25, 0.3) is 0 Å². The molecule has 0 aromatic heterocycles. The molecule has 0 aliphatic heterocycles. The predicted octanol–water partition coefficient (Wildman–Crippen LogP) is 2.96. The molecule has 0 saturated carbocycles. The molecule has 0 fully saturated rings. The number of hydrogen-bond acceptors (Lipinski definition) is 6. The number of esters is 1. The minimum absolute atomic E-state index is 0.196. The van der Waals surface area contributed by atoms with Crippen LogP contribution in [0.5, 0.6) is 11.5 Å². The van der Waals surface area contributed by atoms with E-state index in [1.165, 1.54) is 36.4 Å². The number of amides is 1. The summed E-state index contributed by atoms with van der Waals surface area (Å²) < 4.78 is 49.8. The van der Waals surface area contributed by atoms with Crippen molar-refractivity contribution in [2.45, 2.75) is 6.36 Å². The van der Waals surface area contributed by atoms with Gasteiger partial charge in [0.05, 0.1) is 0 Å². The van der Waals surface area contributed by atoms with Gasteiger partial charge >= 0.3 is 12.3 Å². The first kappa shape index (κ1) is 20.7. The minimum Gasteiger partial charge on any atom is -0.482 e. The van der Waals surface area contributed by atoms with Crippen LogP contribution in [0.2, 0.25) is 0 Å². The molecule has 28 heavy (non-hydrogen) atoms. The topological polar surface area (TPSA) is 90.9 Å². The Hall–Kier alpha value is -3.56. The summed E-state index contributed by atoms with van der Waals surface area (Å²) in [4.78, 5) is 33.8. The molecule has 1 amide bonds. The van der Waals surface area contributed by atoms with Gasteiger partial charge < -0.3 is 19.5 Å². The summed E-state index contributed by atoms with van der Waals surface area (Å²) in [5.41, 5.74) is 0.645. The molecule has 0 saturated heterocycles. The van der Waals surface area contributed by atoms with Crippen LogP contribution in [0.4, 0.5) is 18.9 Å². The van der Waals surface area contributed by atoms with Gasteiger partial charge in [0.15, 0.2) is 13.2 Å². The Morgan fingerprint density at radius 1 is 0.929 bits per heavy atom. The Kier molecular flexibility index (Phi) is 6.96. The van der Waals surface area contributed by atoms with Crippen molar-refractivity contribution >= 4 is 23.9 Å². The van der Waals surface area contributed by atoms with Crippen molar-refractivity contribution in [2.24, 2.45) is 0 Å². The van der Waals surface area contributed by atoms with Crippen molar-refractivity contribution < 1.29 is 41.8 Å². The van der Waals surface area contributed by atoms with E-state index in [4.69, 9.17) is 9.47 Å². The van der Waals surface area contributed by atoms with Crippen molar-refractivity contribution in [3.05, 3.63) is 54.1 Å². The van der Waals surface area contributed by atoms with Crippen molar-refractivity contribution in [3.8, 4) is 11.5 Å². The fourth-order valence-electron chi connectivity index (χ4n) is 1.91. The van der Waals surface area contributed by atoms with Crippen LogP contribution < -0.4 is 14.8 Å². The number of carbonyl (C=O) groups excluding carboxylic acids is 3. The van der Waals surface area contributed by atoms with Gasteiger partial charge in [0.2, 0.25) is 0 Å². The average molecular weight is 397 g/mol. The quantitative estimate of drug-likeness (QED) is 0.544. The highest BCUT2D eigenvalue weighted by atomic mass is 19.4. The van der Waals surface area contributed by atoms with E-state index in [0.717, 1.165) is 12.1 Å². The van der Waals surface area contributed by atoms with Gasteiger partial charge in [-0.25, -0.2) is 4.79 Å². The highest BCUT2D eigenvalue weighted by Crippen LogP contribution is 2.23. The number of nitrogens with one attached hydrogen (secondary N) is 1. The standard InChI is InChI=1S/C18H14F3NO6/c19-18(20,21)28-15-7-3-13(4-8-15)22-16(24)10-27-17(25)11-26-14-5-1-12(9-23)2-6-14/h1-9H,10-11H2,(H,22,24). The summed E-state index contributed by atoms with van der Waals surface area (Å²) in [6, 6.07) is 10.5. The molecule has 0 aliphatic carbocycles. The first-order valence-corrected chi connectivity index (χ1v) is 7.74. The summed E-state index contributed by atoms with van der Waals surface area (Å²) in [5, 5.41) is 2.35. The normalized spacial score (nSPS) is 10.7. The number of hydrogen-bond donors (Lipinski definition) is 1. The molecule has 0 heterocycles. The zero-order valence-corrected chi connectivity index (χ0v) is 14.2. The van der Waals surface area contributed by atoms with Crippen LogP contribution in [0, 0.1) is 0 Å². The smallest absolute Gasteiger partial charge is 0.482 e. The Balaban J connectivity index is 1.72. The highest BCUT2D eigenvalue weighted by molar-refractivity contribution is 5.92. The zero-order chi connectivity index (χ0) is 20.6. The summed E-state index contributed by atoms with van der Waals surface area (Å²) in [5.74, 6) is -1.58. The fourth-order valence-corrected chi connectivity index (χ4v) is 1.91. The predicted molar refractivity (Wildman–Crippen MR) is 90.0 cm³/mol. The number of anilines is 1. The Morgan fingerprint density at radius 3 is 2.11 bits per heavy atom. The van der Waals surface area contributed by atoms with Gasteiger partial charge in [-0.3, -0.25) is 9.59 Å². The lowest BCUT2D eigenvalue weighted by Crippen LogP contribution is -2.23. The summed E-state index contributed by atoms with van der Waals surface area (Å²) in [6.07, 6.45) is -4.15. The van der Waals surface area contributed by atoms with Crippen LogP contribution in [0.15, 0.2) is 48.5 Å². The summed E-state index contributed by atoms with van der Waals surface area (Å²) >= 11 is 0. The van der Waals surface area contributed by atoms with Crippen LogP contribution in [0.1, 0.15) is 10.4 Å². The van der Waals surface area contributed by atoms with Crippen molar-refractivity contribution in [1.82, 2.24) is 0 Å². The maximum atomic E-state index is 12.1. The fraction of sp³-hybridized carbons (Fsp3) is 0.167. The van der Waals surface area contributed by atoms with Crippen molar-refractivity contribution in [2.75, 3.05) is 18.5 Å². The number of ether oxygens (including phenoxy) is 3. The Labute approximate surface area is 157 Å². The molecule has 0 radical (unpaired) electrons. The lowest BCUT2D eigenvalue weighted by Gasteiger charge is -2.10. The molecular weight excluding hydrogens is 383 g/mol. The molecule has 7 nitrogen and oxygen atoms in total. The number of halogens is 3. The highest BCUT2D eigenvalue weighted by Gasteiger charge is 2.30. The third-order valence-corrected chi connectivity index (χ3v) is 3.11. The molecular formula is C18H14F3NO6. The molecule has 0 bridgehead atoms. The van der Waals surface area contributed by atoms with Crippen LogP contribution in [-0.4, -0.2) is 37.7 Å². The third kappa shape index (κ3) is 7.36. The number of alkyl halides is 3. The lowest BCUT2D eigenvalue weighted by molar-refractivity contribution is -0.274. The molecule has 2 aromatic carbocycles. The molecule has 0 aliphatic rings. The number of rotatable bonds is 8. The van der Waals surface area contributed by atoms with Crippen LogP contribution in [-0.2, 0) is 14.3 Å². The van der Waals surface area contributed by atoms with Crippen LogP contribution in [0.3, 0.4) is 0 Å². The van der Waals surface area contributed by atoms with Gasteiger partial charge in [0.1, 0.15) is 17.8 Å². The van der Waals surface area contributed by atoms with Gasteiger partial charge in [0, 0.05) is 11.3 Å². The average Bonchev–Trinajstić information content (AvgIpc) is 2.65. The molecule has 0 spiro atoms. The van der Waals surface area contributed by atoms with E-state index in [1.807, 2.05) is 0 Å². The molecule has 148 valence electrons. The minimum atomic E-state index is -4.81. The van der Waals surface area contributed by atoms with Gasteiger partial charge in [-0.05, 0) is 48.5 Å². The van der Waals surface area contributed by atoms with E-state index in [2.05, 4.69) is 10.1 Å². The van der Waals surface area contributed by atoms with Crippen molar-refractivity contribution in [3.63, 3.8) is 0 Å². The van der Waals surface area contributed by atoms with E-state index in [-0.39, 0.29) is 5.69 Å². The first-order chi connectivity index (χ1) is 13.2. The molecule has 0 atom stereocenters. The largest absolute Gasteiger partial charge is 0.573 e. The number of benzene rings is 2. The van der Waals surface area contributed by atoms with E-state index < -0.39 is 37.2 Å². The Bertz CT molecular complexity index is 819. The second kappa shape index (κ2) is 9.40. The maximum absolute atomic E-state index is 12.1. The molecule has 2 aromatic rings. The lowest BCUT2D eigenvalue weighted by atomic mass is 10.2. The zero-order valence-electron chi connectivity index (χ0n) is 14.2. The number of carbonyl (C=O) groups is 3. The summed E-state index contributed by atoms with van der Waals surface area (Å²) in [6.45, 7) is -1.05. The molecule has 1 N–H and O–H groups in total. The van der Waals surface area contributed by atoms with Gasteiger partial charge in [0.25, 0.3) is 5.91 Å². The maximum Gasteiger partial charge on any atom is 0.573 e. The van der Waals surface area contributed by atoms with E-state index >= 15 is 0 Å². The van der Waals surface area contributed by atoms with E-state index in [1.54, 1.807) is 0 Å². The summed E-state index contributed by atoms with van der Waals surface area (Å²) in [7, 11) is 0. The van der Waals surface area contributed by atoms with Crippen LogP contribution >= 0.6 is 0 Å². The SMILES string of the molecule is O=Cc1ccc(OCC(=O)OCC(=O)Nc2ccc(OC(F)(F)F)cc2)cc1. The Morgan fingerprint density at radius 2 is 1.54 bits per heavy atom. The van der Waals surface area contributed by atoms with E-state index in [9.17, 15) is 27.6 Å². The first-order valence-electron chi connectivity index (χ1n) is 7.74.